The van der Waals surface area contributed by atoms with Crippen LogP contribution in [-0.4, -0.2) is 34.9 Å². The van der Waals surface area contributed by atoms with Gasteiger partial charge in [-0.2, -0.15) is 20.2 Å². The molecule has 0 aliphatic carbocycles. The van der Waals surface area contributed by atoms with Gasteiger partial charge in [0, 0.05) is 0 Å². The molecule has 1 N–H and O–H groups in total. The Bertz CT molecular complexity index is 599. The Balaban J connectivity index is 2.38. The molecular weight excluding hydrogens is 218 g/mol. The summed E-state index contributed by atoms with van der Waals surface area (Å²) in [7, 11) is 0. The molecule has 8 heteroatoms. The third-order valence-electron chi connectivity index (χ3n) is 1.90. The van der Waals surface area contributed by atoms with Crippen molar-refractivity contribution in [3.8, 4) is 5.82 Å². The Morgan fingerprint density at radius 1 is 1.33 bits per heavy atom. The van der Waals surface area contributed by atoms with Crippen LogP contribution in [0.15, 0.2) is 18.9 Å². The largest absolute Gasteiger partial charge is 0.261 e. The lowest BCUT2D eigenvalue weighted by atomic mass is 10.4. The SMILES string of the molecule is Clc1nc(-n2cncn2)c2cn[nH]c2n1. The summed E-state index contributed by atoms with van der Waals surface area (Å²) < 4.78 is 1.51. The molecule has 74 valence electrons. The number of nitrogens with one attached hydrogen (secondary N) is 1. The Hall–Kier alpha value is -2.02. The average molecular weight is 222 g/mol. The lowest BCUT2D eigenvalue weighted by molar-refractivity contribution is 0.849. The van der Waals surface area contributed by atoms with Crippen molar-refractivity contribution in [3.63, 3.8) is 0 Å². The number of halogens is 1. The summed E-state index contributed by atoms with van der Waals surface area (Å²) in [5.74, 6) is 0.552. The molecule has 0 spiro atoms. The molecule has 3 aromatic rings. The molecule has 3 heterocycles. The quantitative estimate of drug-likeness (QED) is 0.608. The zero-order valence-corrected chi connectivity index (χ0v) is 8.05. The van der Waals surface area contributed by atoms with E-state index in [2.05, 4.69) is 30.2 Å². The lowest BCUT2D eigenvalue weighted by Crippen LogP contribution is -2.00. The maximum absolute atomic E-state index is 5.77. The molecule has 3 rings (SSSR count). The van der Waals surface area contributed by atoms with Gasteiger partial charge in [0.1, 0.15) is 12.7 Å². The number of fused-ring (bicyclic) bond motifs is 1. The summed E-state index contributed by atoms with van der Waals surface area (Å²) in [6.07, 6.45) is 4.57. The van der Waals surface area contributed by atoms with Crippen LogP contribution in [0, 0.1) is 0 Å². The minimum atomic E-state index is 0.136. The predicted molar refractivity (Wildman–Crippen MR) is 51.6 cm³/mol. The molecule has 0 radical (unpaired) electrons. The van der Waals surface area contributed by atoms with Crippen molar-refractivity contribution in [1.82, 2.24) is 34.9 Å². The molecule has 15 heavy (non-hydrogen) atoms. The predicted octanol–water partition coefficient (Wildman–Crippen LogP) is 0.587. The smallest absolute Gasteiger partial charge is 0.226 e. The molecule has 0 fully saturated rings. The molecule has 0 saturated carbocycles. The fraction of sp³-hybridized carbons (Fsp3) is 0. The van der Waals surface area contributed by atoms with Gasteiger partial charge in [0.25, 0.3) is 0 Å². The van der Waals surface area contributed by atoms with Gasteiger partial charge in [0.05, 0.1) is 11.6 Å². The highest BCUT2D eigenvalue weighted by Crippen LogP contribution is 2.17. The third kappa shape index (κ3) is 1.24. The number of aromatic nitrogens is 7. The maximum atomic E-state index is 5.77. The van der Waals surface area contributed by atoms with E-state index in [9.17, 15) is 0 Å². The van der Waals surface area contributed by atoms with Crippen LogP contribution in [0.3, 0.4) is 0 Å². The first-order chi connectivity index (χ1) is 7.34. The van der Waals surface area contributed by atoms with Gasteiger partial charge in [-0.05, 0) is 11.6 Å². The van der Waals surface area contributed by atoms with Crippen LogP contribution in [-0.2, 0) is 0 Å². The Morgan fingerprint density at radius 2 is 2.27 bits per heavy atom. The van der Waals surface area contributed by atoms with E-state index in [4.69, 9.17) is 11.6 Å². The van der Waals surface area contributed by atoms with Gasteiger partial charge in [-0.15, -0.1) is 0 Å². The highest BCUT2D eigenvalue weighted by molar-refractivity contribution is 6.28. The normalized spacial score (nSPS) is 11.0. The molecule has 0 saturated heterocycles. The minimum Gasteiger partial charge on any atom is -0.261 e. The van der Waals surface area contributed by atoms with Crippen LogP contribution in [0.25, 0.3) is 16.9 Å². The standard InChI is InChI=1S/C7H4ClN7/c8-7-12-5-4(1-10-14-5)6(13-7)15-3-9-2-11-15/h1-3H,(H,10,12,13,14). The van der Waals surface area contributed by atoms with E-state index in [1.165, 1.54) is 17.3 Å². The van der Waals surface area contributed by atoms with Crippen LogP contribution in [0.1, 0.15) is 0 Å². The number of hydrogen-bond acceptors (Lipinski definition) is 5. The van der Waals surface area contributed by atoms with Gasteiger partial charge in [0.2, 0.25) is 5.28 Å². The minimum absolute atomic E-state index is 0.136. The van der Waals surface area contributed by atoms with Crippen LogP contribution >= 0.6 is 11.6 Å². The molecule has 0 atom stereocenters. The second-order valence-electron chi connectivity index (χ2n) is 2.79. The second kappa shape index (κ2) is 2.99. The Morgan fingerprint density at radius 3 is 3.07 bits per heavy atom. The van der Waals surface area contributed by atoms with Crippen molar-refractivity contribution in [2.24, 2.45) is 0 Å². The monoisotopic (exact) mass is 221 g/mol. The summed E-state index contributed by atoms with van der Waals surface area (Å²) in [6, 6.07) is 0. The van der Waals surface area contributed by atoms with Crippen molar-refractivity contribution in [3.05, 3.63) is 24.1 Å². The Labute approximate surface area is 88.1 Å². The molecular formula is C7H4ClN7. The van der Waals surface area contributed by atoms with Gasteiger partial charge in [-0.3, -0.25) is 5.10 Å². The summed E-state index contributed by atoms with van der Waals surface area (Å²) in [5, 5.41) is 11.4. The number of aromatic amines is 1. The van der Waals surface area contributed by atoms with Crippen LogP contribution in [0.5, 0.6) is 0 Å². The molecule has 0 bridgehead atoms. The zero-order chi connectivity index (χ0) is 10.3. The third-order valence-corrected chi connectivity index (χ3v) is 2.07. The van der Waals surface area contributed by atoms with Crippen molar-refractivity contribution in [2.75, 3.05) is 0 Å². The van der Waals surface area contributed by atoms with E-state index in [0.717, 1.165) is 5.39 Å². The van der Waals surface area contributed by atoms with Crippen molar-refractivity contribution < 1.29 is 0 Å². The van der Waals surface area contributed by atoms with Gasteiger partial charge in [-0.25, -0.2) is 9.67 Å². The van der Waals surface area contributed by atoms with Gasteiger partial charge in [-0.1, -0.05) is 0 Å². The van der Waals surface area contributed by atoms with E-state index < -0.39 is 0 Å². The molecule has 0 aliphatic heterocycles. The number of rotatable bonds is 1. The number of nitrogens with zero attached hydrogens (tertiary/aromatic N) is 6. The second-order valence-corrected chi connectivity index (χ2v) is 3.13. The molecule has 0 aromatic carbocycles. The highest BCUT2D eigenvalue weighted by Gasteiger charge is 2.10. The first kappa shape index (κ1) is 8.30. The maximum Gasteiger partial charge on any atom is 0.226 e. The lowest BCUT2D eigenvalue weighted by Gasteiger charge is -2.00. The summed E-state index contributed by atoms with van der Waals surface area (Å²) in [6.45, 7) is 0. The molecule has 0 unspecified atom stereocenters. The van der Waals surface area contributed by atoms with Crippen molar-refractivity contribution in [2.45, 2.75) is 0 Å². The van der Waals surface area contributed by atoms with Gasteiger partial charge >= 0.3 is 0 Å². The fourth-order valence-corrected chi connectivity index (χ4v) is 1.45. The zero-order valence-electron chi connectivity index (χ0n) is 7.29. The van der Waals surface area contributed by atoms with Crippen molar-refractivity contribution in [1.29, 1.82) is 0 Å². The fourth-order valence-electron chi connectivity index (χ4n) is 1.29. The molecule has 0 amide bonds. The van der Waals surface area contributed by atoms with Crippen LogP contribution < -0.4 is 0 Å². The molecule has 0 aliphatic rings. The summed E-state index contributed by atoms with van der Waals surface area (Å²) in [4.78, 5) is 11.9. The first-order valence-corrected chi connectivity index (χ1v) is 4.44. The first-order valence-electron chi connectivity index (χ1n) is 4.06. The number of hydrogen-bond donors (Lipinski definition) is 1. The molecule has 3 aromatic heterocycles. The summed E-state index contributed by atoms with van der Waals surface area (Å²) in [5.41, 5.74) is 0.570. The molecule has 7 nitrogen and oxygen atoms in total. The van der Waals surface area contributed by atoms with E-state index in [1.807, 2.05) is 0 Å². The van der Waals surface area contributed by atoms with Crippen LogP contribution in [0.2, 0.25) is 5.28 Å². The van der Waals surface area contributed by atoms with Crippen molar-refractivity contribution >= 4 is 22.6 Å². The summed E-state index contributed by atoms with van der Waals surface area (Å²) >= 11 is 5.77. The number of H-pyrrole nitrogens is 1. The van der Waals surface area contributed by atoms with Gasteiger partial charge in [0.15, 0.2) is 11.5 Å². The highest BCUT2D eigenvalue weighted by atomic mass is 35.5. The van der Waals surface area contributed by atoms with E-state index in [0.29, 0.717) is 11.5 Å². The van der Waals surface area contributed by atoms with Gasteiger partial charge < -0.3 is 0 Å². The van der Waals surface area contributed by atoms with Crippen LogP contribution in [0.4, 0.5) is 0 Å². The Kier molecular flexibility index (Phi) is 1.65. The van der Waals surface area contributed by atoms with E-state index in [-0.39, 0.29) is 5.28 Å². The topological polar surface area (TPSA) is 85.2 Å². The van der Waals surface area contributed by atoms with E-state index in [1.54, 1.807) is 6.20 Å². The average Bonchev–Trinajstić information content (AvgIpc) is 2.86. The van der Waals surface area contributed by atoms with E-state index >= 15 is 0 Å².